The number of carbonyl (C=O) groups is 1. The van der Waals surface area contributed by atoms with Crippen molar-refractivity contribution in [2.45, 2.75) is 18.8 Å². The summed E-state index contributed by atoms with van der Waals surface area (Å²) in [4.78, 5) is 21.5. The average molecular weight is 221 g/mol. The van der Waals surface area contributed by atoms with Gasteiger partial charge in [0.05, 0.1) is 12.6 Å². The lowest BCUT2D eigenvalue weighted by atomic mass is 9.99. The van der Waals surface area contributed by atoms with Crippen LogP contribution in [-0.4, -0.2) is 26.0 Å². The van der Waals surface area contributed by atoms with Gasteiger partial charge in [0.25, 0.3) is 0 Å². The highest BCUT2D eigenvalue weighted by Crippen LogP contribution is 2.21. The number of H-pyrrole nitrogens is 1. The molecule has 1 atom stereocenters. The van der Waals surface area contributed by atoms with Crippen LogP contribution in [0, 0.1) is 0 Å². The fraction of sp³-hybridized carbons (Fsp3) is 0.300. The Labute approximate surface area is 91.3 Å². The number of aliphatic carboxylic acids is 1. The molecule has 2 aromatic rings. The fourth-order valence-corrected chi connectivity index (χ4v) is 1.56. The topological polar surface area (TPSA) is 92.0 Å². The predicted molar refractivity (Wildman–Crippen MR) is 53.8 cm³/mol. The zero-order valence-corrected chi connectivity index (χ0v) is 8.46. The van der Waals surface area contributed by atoms with E-state index in [1.807, 2.05) is 0 Å². The van der Waals surface area contributed by atoms with Crippen LogP contribution in [-0.2, 0) is 11.2 Å². The number of rotatable bonds is 5. The maximum absolute atomic E-state index is 10.7. The van der Waals surface area contributed by atoms with Gasteiger partial charge in [0.15, 0.2) is 6.39 Å². The van der Waals surface area contributed by atoms with Crippen LogP contribution in [0.3, 0.4) is 0 Å². The maximum Gasteiger partial charge on any atom is 0.304 e. The Hall–Kier alpha value is -2.11. The highest BCUT2D eigenvalue weighted by molar-refractivity contribution is 5.67. The second-order valence-electron chi connectivity index (χ2n) is 3.44. The van der Waals surface area contributed by atoms with E-state index >= 15 is 0 Å². The summed E-state index contributed by atoms with van der Waals surface area (Å²) < 4.78 is 5.10. The third-order valence-electron chi connectivity index (χ3n) is 2.26. The molecule has 0 amide bonds. The molecule has 2 heterocycles. The van der Waals surface area contributed by atoms with Crippen molar-refractivity contribution in [3.63, 3.8) is 0 Å². The molecule has 0 spiro atoms. The lowest BCUT2D eigenvalue weighted by molar-refractivity contribution is -0.137. The summed E-state index contributed by atoms with van der Waals surface area (Å²) in [5.74, 6) is 0.225. The maximum atomic E-state index is 10.7. The Kier molecular flexibility index (Phi) is 3.00. The molecule has 0 aromatic carbocycles. The third-order valence-corrected chi connectivity index (χ3v) is 2.26. The second kappa shape index (κ2) is 4.61. The minimum atomic E-state index is -0.860. The van der Waals surface area contributed by atoms with Gasteiger partial charge in [-0.1, -0.05) is 0 Å². The second-order valence-corrected chi connectivity index (χ2v) is 3.44. The van der Waals surface area contributed by atoms with Gasteiger partial charge in [0.2, 0.25) is 0 Å². The summed E-state index contributed by atoms with van der Waals surface area (Å²) in [6, 6.07) is 0. The van der Waals surface area contributed by atoms with Crippen LogP contribution in [0.25, 0.3) is 0 Å². The van der Waals surface area contributed by atoms with E-state index in [0.29, 0.717) is 18.0 Å². The Morgan fingerprint density at radius 3 is 3.06 bits per heavy atom. The first kappa shape index (κ1) is 10.4. The van der Waals surface area contributed by atoms with Gasteiger partial charge in [-0.3, -0.25) is 4.79 Å². The molecular weight excluding hydrogens is 210 g/mol. The molecule has 0 saturated carbocycles. The van der Waals surface area contributed by atoms with Gasteiger partial charge in [-0.05, 0) is 0 Å². The summed E-state index contributed by atoms with van der Waals surface area (Å²) in [6.07, 6.45) is 6.66. The van der Waals surface area contributed by atoms with Gasteiger partial charge in [-0.15, -0.1) is 0 Å². The summed E-state index contributed by atoms with van der Waals surface area (Å²) in [7, 11) is 0. The average Bonchev–Trinajstić information content (AvgIpc) is 2.88. The van der Waals surface area contributed by atoms with E-state index in [1.165, 1.54) is 6.39 Å². The molecule has 0 aliphatic rings. The SMILES string of the molecule is O=C(O)CC(Cc1cnco1)c1ncc[nH]1. The van der Waals surface area contributed by atoms with Gasteiger partial charge in [0, 0.05) is 24.7 Å². The number of nitrogens with one attached hydrogen (secondary N) is 1. The van der Waals surface area contributed by atoms with Crippen molar-refractivity contribution in [1.29, 1.82) is 0 Å². The number of nitrogens with zero attached hydrogens (tertiary/aromatic N) is 2. The predicted octanol–water partition coefficient (Wildman–Crippen LogP) is 1.20. The molecule has 0 aliphatic carbocycles. The summed E-state index contributed by atoms with van der Waals surface area (Å²) >= 11 is 0. The number of aromatic nitrogens is 3. The van der Waals surface area contributed by atoms with E-state index in [2.05, 4.69) is 15.0 Å². The van der Waals surface area contributed by atoms with Crippen molar-refractivity contribution < 1.29 is 14.3 Å². The van der Waals surface area contributed by atoms with Gasteiger partial charge < -0.3 is 14.5 Å². The lowest BCUT2D eigenvalue weighted by Crippen LogP contribution is -2.10. The molecule has 84 valence electrons. The summed E-state index contributed by atoms with van der Waals surface area (Å²) in [5.41, 5.74) is 0. The number of aromatic amines is 1. The molecule has 0 radical (unpaired) electrons. The number of oxazole rings is 1. The van der Waals surface area contributed by atoms with Crippen LogP contribution in [0.4, 0.5) is 0 Å². The number of carboxylic acid groups (broad SMARTS) is 1. The van der Waals surface area contributed by atoms with E-state index in [9.17, 15) is 4.79 Å². The van der Waals surface area contributed by atoms with E-state index in [-0.39, 0.29) is 12.3 Å². The van der Waals surface area contributed by atoms with Gasteiger partial charge >= 0.3 is 5.97 Å². The van der Waals surface area contributed by atoms with Gasteiger partial charge in [-0.2, -0.15) is 0 Å². The van der Waals surface area contributed by atoms with Crippen molar-refractivity contribution in [2.75, 3.05) is 0 Å². The zero-order chi connectivity index (χ0) is 11.4. The minimum absolute atomic E-state index is 0.00815. The van der Waals surface area contributed by atoms with Crippen LogP contribution in [0.1, 0.15) is 23.9 Å². The number of hydrogen-bond donors (Lipinski definition) is 2. The van der Waals surface area contributed by atoms with E-state index in [0.717, 1.165) is 0 Å². The van der Waals surface area contributed by atoms with E-state index in [1.54, 1.807) is 18.6 Å². The number of carboxylic acids is 1. The zero-order valence-electron chi connectivity index (χ0n) is 8.46. The van der Waals surface area contributed by atoms with Crippen LogP contribution in [0.15, 0.2) is 29.4 Å². The molecule has 2 aromatic heterocycles. The molecule has 0 fully saturated rings. The monoisotopic (exact) mass is 221 g/mol. The lowest BCUT2D eigenvalue weighted by Gasteiger charge is -2.09. The Bertz CT molecular complexity index is 436. The van der Waals surface area contributed by atoms with Crippen LogP contribution < -0.4 is 0 Å². The first-order chi connectivity index (χ1) is 7.75. The first-order valence-electron chi connectivity index (χ1n) is 4.84. The van der Waals surface area contributed by atoms with Crippen LogP contribution >= 0.6 is 0 Å². The van der Waals surface area contributed by atoms with Crippen molar-refractivity contribution in [3.05, 3.63) is 36.6 Å². The standard InChI is InChI=1S/C10H11N3O3/c14-9(15)4-7(10-12-1-2-13-10)3-8-5-11-6-16-8/h1-2,5-7H,3-4H2,(H,12,13)(H,14,15). The quantitative estimate of drug-likeness (QED) is 0.791. The smallest absolute Gasteiger partial charge is 0.304 e. The first-order valence-corrected chi connectivity index (χ1v) is 4.84. The Morgan fingerprint density at radius 2 is 2.50 bits per heavy atom. The molecule has 0 aliphatic heterocycles. The van der Waals surface area contributed by atoms with Gasteiger partial charge in [0.1, 0.15) is 11.6 Å². The Balaban J connectivity index is 2.12. The van der Waals surface area contributed by atoms with E-state index < -0.39 is 5.97 Å². The largest absolute Gasteiger partial charge is 0.481 e. The molecule has 0 bridgehead atoms. The summed E-state index contributed by atoms with van der Waals surface area (Å²) in [6.45, 7) is 0. The Morgan fingerprint density at radius 1 is 1.62 bits per heavy atom. The molecule has 0 saturated heterocycles. The van der Waals surface area contributed by atoms with E-state index in [4.69, 9.17) is 9.52 Å². The van der Waals surface area contributed by atoms with Crippen molar-refractivity contribution in [1.82, 2.24) is 15.0 Å². The highest BCUT2D eigenvalue weighted by atomic mass is 16.4. The molecule has 2 N–H and O–H groups in total. The third kappa shape index (κ3) is 2.47. The molecule has 6 nitrogen and oxygen atoms in total. The normalized spacial score (nSPS) is 12.5. The number of imidazole rings is 1. The minimum Gasteiger partial charge on any atom is -0.481 e. The molecule has 2 rings (SSSR count). The number of hydrogen-bond acceptors (Lipinski definition) is 4. The highest BCUT2D eigenvalue weighted by Gasteiger charge is 2.19. The van der Waals surface area contributed by atoms with Gasteiger partial charge in [-0.25, -0.2) is 9.97 Å². The summed E-state index contributed by atoms with van der Waals surface area (Å²) in [5, 5.41) is 8.82. The van der Waals surface area contributed by atoms with Crippen molar-refractivity contribution in [2.24, 2.45) is 0 Å². The van der Waals surface area contributed by atoms with Crippen LogP contribution in [0.5, 0.6) is 0 Å². The fourth-order valence-electron chi connectivity index (χ4n) is 1.56. The molecule has 1 unspecified atom stereocenters. The molecular formula is C10H11N3O3. The van der Waals surface area contributed by atoms with Crippen LogP contribution in [0.2, 0.25) is 0 Å². The molecule has 6 heteroatoms. The molecule has 16 heavy (non-hydrogen) atoms. The van der Waals surface area contributed by atoms with Crippen molar-refractivity contribution >= 4 is 5.97 Å². The van der Waals surface area contributed by atoms with Crippen molar-refractivity contribution in [3.8, 4) is 0 Å².